The molecular weight excluding hydrogens is 510 g/mol. The van der Waals surface area contributed by atoms with Crippen molar-refractivity contribution in [3.05, 3.63) is 69.7 Å². The van der Waals surface area contributed by atoms with E-state index in [1.165, 1.54) is 36.4 Å². The largest absolute Gasteiger partial charge is 0.478 e. The van der Waals surface area contributed by atoms with E-state index in [1.54, 1.807) is 12.1 Å². The standard InChI is InChI=1S/C23H18BrN3O5S/c1-2-3-13-6-9-16(23(29)30)20(24)19(13)14-10-17(21(25)18(11-14)22(26)28)12-4-7-15(8-5-12)33(27,31)32/h1,4-11H,3,25H2,(H2,26,28)(H,29,30)(H2,27,31,32). The summed E-state index contributed by atoms with van der Waals surface area (Å²) in [7, 11) is -3.90. The number of primary sulfonamides is 1. The molecule has 0 unspecified atom stereocenters. The van der Waals surface area contributed by atoms with Gasteiger partial charge in [0.05, 0.1) is 21.7 Å². The molecule has 0 aliphatic carbocycles. The monoisotopic (exact) mass is 527 g/mol. The van der Waals surface area contributed by atoms with Crippen LogP contribution in [0.1, 0.15) is 26.3 Å². The van der Waals surface area contributed by atoms with Crippen molar-refractivity contribution in [3.8, 4) is 34.6 Å². The number of hydrogen-bond acceptors (Lipinski definition) is 5. The molecule has 168 valence electrons. The summed E-state index contributed by atoms with van der Waals surface area (Å²) in [6.45, 7) is 0. The maximum Gasteiger partial charge on any atom is 0.336 e. The van der Waals surface area contributed by atoms with E-state index in [0.29, 0.717) is 27.8 Å². The molecule has 0 heterocycles. The third kappa shape index (κ3) is 4.75. The number of hydrogen-bond donors (Lipinski definition) is 4. The molecule has 0 fully saturated rings. The number of carbonyl (C=O) groups is 2. The molecule has 0 atom stereocenters. The lowest BCUT2D eigenvalue weighted by Gasteiger charge is -2.17. The van der Waals surface area contributed by atoms with Gasteiger partial charge in [-0.2, -0.15) is 0 Å². The Labute approximate surface area is 198 Å². The number of nitrogen functional groups attached to an aromatic ring is 1. The maximum atomic E-state index is 12.2. The van der Waals surface area contributed by atoms with Crippen molar-refractivity contribution in [2.24, 2.45) is 10.9 Å². The predicted molar refractivity (Wildman–Crippen MR) is 129 cm³/mol. The number of anilines is 1. The lowest BCUT2D eigenvalue weighted by atomic mass is 9.90. The average Bonchev–Trinajstić information content (AvgIpc) is 2.73. The van der Waals surface area contributed by atoms with Crippen LogP contribution in [0, 0.1) is 12.3 Å². The molecule has 33 heavy (non-hydrogen) atoms. The summed E-state index contributed by atoms with van der Waals surface area (Å²) in [6, 6.07) is 11.8. The number of aromatic carboxylic acids is 1. The zero-order chi connectivity index (χ0) is 24.5. The van der Waals surface area contributed by atoms with E-state index < -0.39 is 21.9 Å². The summed E-state index contributed by atoms with van der Waals surface area (Å²) in [6.07, 6.45) is 5.69. The van der Waals surface area contributed by atoms with Crippen molar-refractivity contribution in [1.29, 1.82) is 0 Å². The molecule has 7 N–H and O–H groups in total. The maximum absolute atomic E-state index is 12.2. The Bertz CT molecular complexity index is 1440. The van der Waals surface area contributed by atoms with Crippen LogP contribution in [0.4, 0.5) is 5.69 Å². The molecule has 0 aliphatic heterocycles. The van der Waals surface area contributed by atoms with Crippen molar-refractivity contribution in [1.82, 2.24) is 0 Å². The zero-order valence-corrected chi connectivity index (χ0v) is 19.4. The number of carbonyl (C=O) groups excluding carboxylic acids is 1. The molecule has 3 rings (SSSR count). The van der Waals surface area contributed by atoms with Crippen molar-refractivity contribution >= 4 is 43.5 Å². The molecule has 1 amide bonds. The molecule has 10 heteroatoms. The minimum absolute atomic E-state index is 0.00211. The first-order chi connectivity index (χ1) is 15.5. The molecule has 0 aromatic heterocycles. The quantitative estimate of drug-likeness (QED) is 0.284. The summed E-state index contributed by atoms with van der Waals surface area (Å²) in [5, 5.41) is 14.7. The molecule has 8 nitrogen and oxygen atoms in total. The van der Waals surface area contributed by atoms with E-state index in [4.69, 9.17) is 23.0 Å². The van der Waals surface area contributed by atoms with Crippen LogP contribution in [-0.4, -0.2) is 25.4 Å². The first kappa shape index (κ1) is 24.0. The third-order valence-electron chi connectivity index (χ3n) is 4.98. The molecule has 0 saturated carbocycles. The van der Waals surface area contributed by atoms with Crippen molar-refractivity contribution in [2.75, 3.05) is 5.73 Å². The van der Waals surface area contributed by atoms with Gasteiger partial charge in [-0.15, -0.1) is 12.3 Å². The number of nitrogens with two attached hydrogens (primary N) is 3. The molecule has 0 aliphatic rings. The fourth-order valence-electron chi connectivity index (χ4n) is 3.42. The van der Waals surface area contributed by atoms with Gasteiger partial charge in [0.2, 0.25) is 10.0 Å². The molecule has 0 spiro atoms. The number of benzene rings is 3. The molecule has 3 aromatic carbocycles. The first-order valence-corrected chi connectivity index (χ1v) is 11.6. The van der Waals surface area contributed by atoms with E-state index in [2.05, 4.69) is 21.9 Å². The van der Waals surface area contributed by atoms with Crippen LogP contribution in [0.15, 0.2) is 57.9 Å². The van der Waals surface area contributed by atoms with Gasteiger partial charge in [-0.25, -0.2) is 18.4 Å². The first-order valence-electron chi connectivity index (χ1n) is 9.30. The van der Waals surface area contributed by atoms with Gasteiger partial charge in [-0.1, -0.05) is 18.2 Å². The Balaban J connectivity index is 2.35. The normalized spacial score (nSPS) is 11.1. The molecule has 3 aromatic rings. The van der Waals surface area contributed by atoms with Gasteiger partial charge < -0.3 is 16.6 Å². The average molecular weight is 528 g/mol. The Morgan fingerprint density at radius 1 is 1.03 bits per heavy atom. The fraction of sp³-hybridized carbons (Fsp3) is 0.0435. The number of halogens is 1. The summed E-state index contributed by atoms with van der Waals surface area (Å²) in [5.74, 6) is 0.588. The van der Waals surface area contributed by atoms with Gasteiger partial charge in [-0.3, -0.25) is 4.79 Å². The van der Waals surface area contributed by atoms with Crippen molar-refractivity contribution in [3.63, 3.8) is 0 Å². The second-order valence-electron chi connectivity index (χ2n) is 7.07. The van der Waals surface area contributed by atoms with Crippen LogP contribution in [0.25, 0.3) is 22.3 Å². The summed E-state index contributed by atoms with van der Waals surface area (Å²) < 4.78 is 23.4. The summed E-state index contributed by atoms with van der Waals surface area (Å²) in [4.78, 5) is 23.7. The smallest absolute Gasteiger partial charge is 0.336 e. The van der Waals surface area contributed by atoms with Crippen molar-refractivity contribution in [2.45, 2.75) is 11.3 Å². The van der Waals surface area contributed by atoms with Gasteiger partial charge in [0.25, 0.3) is 5.91 Å². The van der Waals surface area contributed by atoms with Crippen LogP contribution in [-0.2, 0) is 16.4 Å². The minimum Gasteiger partial charge on any atom is -0.478 e. The number of amides is 1. The Hall–Kier alpha value is -3.65. The van der Waals surface area contributed by atoms with Crippen molar-refractivity contribution < 1.29 is 23.1 Å². The number of carboxylic acid groups (broad SMARTS) is 1. The van der Waals surface area contributed by atoms with Gasteiger partial charge in [0.1, 0.15) is 0 Å². The Morgan fingerprint density at radius 3 is 2.18 bits per heavy atom. The van der Waals surface area contributed by atoms with Crippen LogP contribution < -0.4 is 16.6 Å². The molecular formula is C23H18BrN3O5S. The summed E-state index contributed by atoms with van der Waals surface area (Å²) >= 11 is 3.35. The third-order valence-corrected chi connectivity index (χ3v) is 6.73. The molecule has 0 bridgehead atoms. The lowest BCUT2D eigenvalue weighted by Crippen LogP contribution is -2.15. The van der Waals surface area contributed by atoms with E-state index in [9.17, 15) is 23.1 Å². The Kier molecular flexibility index (Phi) is 6.60. The van der Waals surface area contributed by atoms with E-state index in [-0.39, 0.29) is 32.6 Å². The number of carboxylic acids is 1. The fourth-order valence-corrected chi connectivity index (χ4v) is 4.72. The van der Waals surface area contributed by atoms with Gasteiger partial charge in [0, 0.05) is 22.0 Å². The highest BCUT2D eigenvalue weighted by atomic mass is 79.9. The minimum atomic E-state index is -3.90. The topological polar surface area (TPSA) is 167 Å². The number of rotatable bonds is 6. The predicted octanol–water partition coefficient (Wildman–Crippen LogP) is 2.99. The highest BCUT2D eigenvalue weighted by Crippen LogP contribution is 2.40. The zero-order valence-electron chi connectivity index (χ0n) is 17.0. The van der Waals surface area contributed by atoms with Gasteiger partial charge >= 0.3 is 5.97 Å². The van der Waals surface area contributed by atoms with E-state index in [1.807, 2.05) is 0 Å². The van der Waals surface area contributed by atoms with Crippen LogP contribution in [0.3, 0.4) is 0 Å². The second-order valence-corrected chi connectivity index (χ2v) is 9.42. The summed E-state index contributed by atoms with van der Waals surface area (Å²) in [5.41, 5.74) is 14.3. The van der Waals surface area contributed by atoms with Gasteiger partial charge in [-0.05, 0) is 63.0 Å². The van der Waals surface area contributed by atoms with Gasteiger partial charge in [0.15, 0.2) is 0 Å². The van der Waals surface area contributed by atoms with E-state index >= 15 is 0 Å². The van der Waals surface area contributed by atoms with Crippen LogP contribution in [0.5, 0.6) is 0 Å². The lowest BCUT2D eigenvalue weighted by molar-refractivity contribution is 0.0695. The van der Waals surface area contributed by atoms with E-state index in [0.717, 1.165) is 0 Å². The van der Waals surface area contributed by atoms with Crippen LogP contribution in [0.2, 0.25) is 0 Å². The number of terminal acetylenes is 1. The highest BCUT2D eigenvalue weighted by Gasteiger charge is 2.21. The molecule has 0 radical (unpaired) electrons. The number of primary amides is 1. The Morgan fingerprint density at radius 2 is 1.67 bits per heavy atom. The van der Waals surface area contributed by atoms with Crippen LogP contribution >= 0.6 is 15.9 Å². The highest BCUT2D eigenvalue weighted by molar-refractivity contribution is 9.10. The molecule has 0 saturated heterocycles. The SMILES string of the molecule is C#CCc1ccc(C(=O)O)c(Br)c1-c1cc(C(N)=O)c(N)c(-c2ccc(S(N)(=O)=O)cc2)c1. The number of sulfonamides is 1. The second kappa shape index (κ2) is 9.07.